The molecule has 10 heteroatoms. The Balaban J connectivity index is 2.69. The molecule has 7 nitrogen and oxygen atoms in total. The van der Waals surface area contributed by atoms with Crippen LogP contribution in [0.3, 0.4) is 0 Å². The van der Waals surface area contributed by atoms with Crippen molar-refractivity contribution in [2.24, 2.45) is 5.73 Å². The number of benzene rings is 1. The second-order valence-corrected chi connectivity index (χ2v) is 5.79. The smallest absolute Gasteiger partial charge is 0.440 e. The molecule has 0 aromatic heterocycles. The maximum Gasteiger partial charge on any atom is 0.491 e. The molecule has 156 valence electrons. The minimum Gasteiger partial charge on any atom is -0.440 e. The predicted molar refractivity (Wildman–Crippen MR) is 93.3 cm³/mol. The third kappa shape index (κ3) is 7.55. The summed E-state index contributed by atoms with van der Waals surface area (Å²) in [5.41, 5.74) is 5.03. The monoisotopic (exact) mass is 404 g/mol. The summed E-state index contributed by atoms with van der Waals surface area (Å²) in [5.74, 6) is -4.26. The van der Waals surface area contributed by atoms with Crippen LogP contribution >= 0.6 is 0 Å². The van der Waals surface area contributed by atoms with Crippen LogP contribution in [0.2, 0.25) is 0 Å². The maximum atomic E-state index is 12.4. The Morgan fingerprint density at radius 3 is 2.39 bits per heavy atom. The lowest BCUT2D eigenvalue weighted by Crippen LogP contribution is -2.34. The molecule has 0 saturated carbocycles. The third-order valence-electron chi connectivity index (χ3n) is 3.72. The van der Waals surface area contributed by atoms with Crippen molar-refractivity contribution >= 4 is 17.8 Å². The number of carbonyl (C=O) groups is 3. The highest BCUT2D eigenvalue weighted by Crippen LogP contribution is 2.24. The molecule has 1 amide bonds. The van der Waals surface area contributed by atoms with Crippen molar-refractivity contribution in [2.45, 2.75) is 38.8 Å². The Bertz CT molecular complexity index is 679. The molecule has 1 aromatic rings. The number of amides is 1. The molecule has 0 unspecified atom stereocenters. The average molecular weight is 404 g/mol. The second kappa shape index (κ2) is 11.3. The summed E-state index contributed by atoms with van der Waals surface area (Å²) in [4.78, 5) is 36.6. The number of nitrogens with two attached hydrogens (primary N) is 1. The zero-order valence-corrected chi connectivity index (χ0v) is 15.5. The fraction of sp³-hybridized carbons (Fsp3) is 0.500. The van der Waals surface area contributed by atoms with E-state index in [0.29, 0.717) is 13.0 Å². The lowest BCUT2D eigenvalue weighted by molar-refractivity contribution is -0.189. The Morgan fingerprint density at radius 2 is 1.79 bits per heavy atom. The topological polar surface area (TPSA) is 98.9 Å². The first kappa shape index (κ1) is 23.4. The van der Waals surface area contributed by atoms with Gasteiger partial charge in [0.1, 0.15) is 11.3 Å². The number of rotatable bonds is 10. The molecule has 0 fully saturated rings. The van der Waals surface area contributed by atoms with Gasteiger partial charge in [0.05, 0.1) is 0 Å². The van der Waals surface area contributed by atoms with Crippen molar-refractivity contribution in [2.75, 3.05) is 19.8 Å². The van der Waals surface area contributed by atoms with Crippen LogP contribution in [0.15, 0.2) is 24.3 Å². The Labute approximate surface area is 160 Å². The number of nitrogens with zero attached hydrogens (tertiary/aromatic N) is 1. The van der Waals surface area contributed by atoms with Gasteiger partial charge in [-0.25, -0.2) is 9.59 Å². The molecule has 1 rings (SSSR count). The molecule has 0 aliphatic rings. The fourth-order valence-electron chi connectivity index (χ4n) is 2.19. The van der Waals surface area contributed by atoms with Crippen molar-refractivity contribution in [1.29, 1.82) is 0 Å². The molecule has 1 aromatic carbocycles. The van der Waals surface area contributed by atoms with Crippen LogP contribution in [0.5, 0.6) is 5.75 Å². The molecule has 0 atom stereocenters. The van der Waals surface area contributed by atoms with Gasteiger partial charge in [-0.15, -0.1) is 0 Å². The molecular weight excluding hydrogens is 381 g/mol. The molecule has 28 heavy (non-hydrogen) atoms. The quantitative estimate of drug-likeness (QED) is 0.279. The van der Waals surface area contributed by atoms with Crippen LogP contribution in [-0.4, -0.2) is 48.7 Å². The summed E-state index contributed by atoms with van der Waals surface area (Å²) in [6.45, 7) is 2.16. The number of unbranched alkanes of at least 4 members (excludes halogenated alkanes) is 2. The first-order valence-corrected chi connectivity index (χ1v) is 8.73. The number of esters is 2. The van der Waals surface area contributed by atoms with Gasteiger partial charge in [-0.05, 0) is 38.4 Å². The SMILES string of the molecule is CCN(COC(=O)c1ccccc1OC(=O)C(F)(F)F)C(=O)CCCCCN. The molecule has 0 spiro atoms. The maximum absolute atomic E-state index is 12.4. The minimum absolute atomic E-state index is 0.218. The van der Waals surface area contributed by atoms with E-state index in [1.165, 1.54) is 17.0 Å². The molecule has 0 radical (unpaired) electrons. The second-order valence-electron chi connectivity index (χ2n) is 5.79. The van der Waals surface area contributed by atoms with E-state index in [2.05, 4.69) is 4.74 Å². The van der Waals surface area contributed by atoms with Gasteiger partial charge in [0, 0.05) is 13.0 Å². The normalized spacial score (nSPS) is 11.0. The highest BCUT2D eigenvalue weighted by atomic mass is 19.4. The van der Waals surface area contributed by atoms with E-state index in [9.17, 15) is 27.6 Å². The van der Waals surface area contributed by atoms with Crippen molar-refractivity contribution < 1.29 is 37.0 Å². The van der Waals surface area contributed by atoms with Gasteiger partial charge >= 0.3 is 18.1 Å². The van der Waals surface area contributed by atoms with Gasteiger partial charge in [-0.1, -0.05) is 18.6 Å². The van der Waals surface area contributed by atoms with Crippen molar-refractivity contribution in [3.05, 3.63) is 29.8 Å². The average Bonchev–Trinajstić information content (AvgIpc) is 2.65. The third-order valence-corrected chi connectivity index (χ3v) is 3.72. The lowest BCUT2D eigenvalue weighted by Gasteiger charge is -2.21. The number of hydrogen-bond acceptors (Lipinski definition) is 6. The Morgan fingerprint density at radius 1 is 1.11 bits per heavy atom. The number of ether oxygens (including phenoxy) is 2. The molecule has 0 bridgehead atoms. The van der Waals surface area contributed by atoms with E-state index >= 15 is 0 Å². The molecule has 2 N–H and O–H groups in total. The van der Waals surface area contributed by atoms with Crippen molar-refractivity contribution in [1.82, 2.24) is 4.90 Å². The van der Waals surface area contributed by atoms with Gasteiger partial charge in [0.2, 0.25) is 5.91 Å². The van der Waals surface area contributed by atoms with Crippen LogP contribution in [0.1, 0.15) is 43.0 Å². The van der Waals surface area contributed by atoms with Crippen LogP contribution in [0.25, 0.3) is 0 Å². The Kier molecular flexibility index (Phi) is 9.43. The van der Waals surface area contributed by atoms with Crippen molar-refractivity contribution in [3.8, 4) is 5.75 Å². The predicted octanol–water partition coefficient (Wildman–Crippen LogP) is 2.64. The highest BCUT2D eigenvalue weighted by Gasteiger charge is 2.42. The van der Waals surface area contributed by atoms with Crippen LogP contribution in [0.4, 0.5) is 13.2 Å². The van der Waals surface area contributed by atoms with Crippen LogP contribution in [0, 0.1) is 0 Å². The minimum atomic E-state index is -5.20. The van der Waals surface area contributed by atoms with E-state index in [-0.39, 0.29) is 31.2 Å². The first-order chi connectivity index (χ1) is 13.2. The standard InChI is InChI=1S/C18H23F3N2O5/c1-2-23(15(24)10-4-3-7-11-22)12-27-16(25)13-8-5-6-9-14(13)28-17(26)18(19,20)21/h5-6,8-9H,2-4,7,10-12,22H2,1H3. The number of carbonyl (C=O) groups excluding carboxylic acids is 3. The molecule has 0 saturated heterocycles. The number of alkyl halides is 3. The van der Waals surface area contributed by atoms with Gasteiger partial charge in [-0.3, -0.25) is 4.79 Å². The first-order valence-electron chi connectivity index (χ1n) is 8.73. The Hall–Kier alpha value is -2.62. The van der Waals surface area contributed by atoms with Crippen LogP contribution in [-0.2, 0) is 14.3 Å². The summed E-state index contributed by atoms with van der Waals surface area (Å²) in [6.07, 6.45) is -2.67. The molecule has 0 heterocycles. The molecule has 0 aliphatic heterocycles. The summed E-state index contributed by atoms with van der Waals surface area (Å²) in [7, 11) is 0. The number of halogens is 3. The van der Waals surface area contributed by atoms with E-state index in [1.54, 1.807) is 6.92 Å². The molecular formula is C18H23F3N2O5. The summed E-state index contributed by atoms with van der Waals surface area (Å²) in [6, 6.07) is 4.88. The van der Waals surface area contributed by atoms with E-state index in [4.69, 9.17) is 10.5 Å². The number of hydrogen-bond donors (Lipinski definition) is 1. The largest absolute Gasteiger partial charge is 0.491 e. The number of para-hydroxylation sites is 1. The van der Waals surface area contributed by atoms with Gasteiger partial charge in [0.15, 0.2) is 6.73 Å². The van der Waals surface area contributed by atoms with Crippen LogP contribution < -0.4 is 10.5 Å². The van der Waals surface area contributed by atoms with Gasteiger partial charge in [0.25, 0.3) is 0 Å². The zero-order valence-electron chi connectivity index (χ0n) is 15.5. The van der Waals surface area contributed by atoms with Gasteiger partial charge < -0.3 is 20.1 Å². The summed E-state index contributed by atoms with van der Waals surface area (Å²) < 4.78 is 46.3. The van der Waals surface area contributed by atoms with E-state index in [1.807, 2.05) is 0 Å². The van der Waals surface area contributed by atoms with E-state index < -0.39 is 23.9 Å². The fourth-order valence-corrected chi connectivity index (χ4v) is 2.19. The summed E-state index contributed by atoms with van der Waals surface area (Å²) in [5, 5.41) is 0. The van der Waals surface area contributed by atoms with Crippen molar-refractivity contribution in [3.63, 3.8) is 0 Å². The summed E-state index contributed by atoms with van der Waals surface area (Å²) >= 11 is 0. The highest BCUT2D eigenvalue weighted by molar-refractivity contribution is 5.94. The van der Waals surface area contributed by atoms with Gasteiger partial charge in [-0.2, -0.15) is 13.2 Å². The van der Waals surface area contributed by atoms with E-state index in [0.717, 1.165) is 25.0 Å². The lowest BCUT2D eigenvalue weighted by atomic mass is 10.2. The molecule has 0 aliphatic carbocycles. The zero-order chi connectivity index (χ0) is 21.2.